The second kappa shape index (κ2) is 8.75. The van der Waals surface area contributed by atoms with Crippen LogP contribution >= 0.6 is 11.6 Å². The molecule has 158 valence electrons. The summed E-state index contributed by atoms with van der Waals surface area (Å²) in [6, 6.07) is 4.66. The highest BCUT2D eigenvalue weighted by Crippen LogP contribution is 2.28. The summed E-state index contributed by atoms with van der Waals surface area (Å²) >= 11 is 5.99. The molecular weight excluding hydrogens is 418 g/mol. The van der Waals surface area contributed by atoms with Gasteiger partial charge in [-0.05, 0) is 38.0 Å². The Labute approximate surface area is 174 Å². The number of nitrogens with zero attached hydrogens (tertiary/aromatic N) is 1. The summed E-state index contributed by atoms with van der Waals surface area (Å²) < 4.78 is 34.3. The van der Waals surface area contributed by atoms with Crippen LogP contribution in [-0.4, -0.2) is 55.9 Å². The van der Waals surface area contributed by atoms with Crippen molar-refractivity contribution in [2.45, 2.75) is 39.2 Å². The van der Waals surface area contributed by atoms with Crippen molar-refractivity contribution in [2.24, 2.45) is 0 Å². The summed E-state index contributed by atoms with van der Waals surface area (Å²) in [5, 5.41) is 1.23. The van der Waals surface area contributed by atoms with Crippen molar-refractivity contribution in [3.63, 3.8) is 0 Å². The number of unbranched alkanes of at least 4 members (excludes halogenated alkanes) is 1. The minimum Gasteiger partial charge on any atom is -0.450 e. The van der Waals surface area contributed by atoms with Gasteiger partial charge in [0.15, 0.2) is 16.4 Å². The molecule has 1 atom stereocenters. The molecule has 1 aliphatic heterocycles. The monoisotopic (exact) mass is 441 g/mol. The number of furan rings is 1. The minimum absolute atomic E-state index is 0.0265. The number of halogens is 1. The third-order valence-corrected chi connectivity index (χ3v) is 7.12. The number of esters is 1. The van der Waals surface area contributed by atoms with Crippen LogP contribution in [0.25, 0.3) is 11.0 Å². The van der Waals surface area contributed by atoms with Crippen LogP contribution < -0.4 is 0 Å². The van der Waals surface area contributed by atoms with Crippen LogP contribution in [-0.2, 0) is 19.4 Å². The molecular formula is C20H24ClNO6S. The summed E-state index contributed by atoms with van der Waals surface area (Å²) in [7, 11) is -3.12. The van der Waals surface area contributed by atoms with E-state index < -0.39 is 28.3 Å². The van der Waals surface area contributed by atoms with Crippen molar-refractivity contribution in [3.05, 3.63) is 34.5 Å². The molecule has 2 heterocycles. The normalized spacial score (nSPS) is 18.1. The Bertz CT molecular complexity index is 1030. The number of ether oxygens (including phenoxy) is 1. The molecule has 2 aromatic rings. The number of fused-ring (bicyclic) bond motifs is 1. The van der Waals surface area contributed by atoms with E-state index in [2.05, 4.69) is 0 Å². The fourth-order valence-electron chi connectivity index (χ4n) is 3.52. The van der Waals surface area contributed by atoms with Crippen molar-refractivity contribution >= 4 is 44.3 Å². The third-order valence-electron chi connectivity index (χ3n) is 5.13. The summed E-state index contributed by atoms with van der Waals surface area (Å²) in [5.74, 6) is -1.07. The first-order valence-electron chi connectivity index (χ1n) is 9.57. The second-order valence-corrected chi connectivity index (χ2v) is 9.94. The van der Waals surface area contributed by atoms with Gasteiger partial charge in [-0.1, -0.05) is 24.9 Å². The first-order valence-corrected chi connectivity index (χ1v) is 11.8. The molecule has 0 N–H and O–H groups in total. The molecule has 0 spiro atoms. The topological polar surface area (TPSA) is 93.9 Å². The Morgan fingerprint density at radius 1 is 1.34 bits per heavy atom. The Morgan fingerprint density at radius 3 is 2.76 bits per heavy atom. The lowest BCUT2D eigenvalue weighted by Gasteiger charge is -2.28. The van der Waals surface area contributed by atoms with Crippen LogP contribution in [0.2, 0.25) is 5.02 Å². The molecule has 1 unspecified atom stereocenters. The van der Waals surface area contributed by atoms with Gasteiger partial charge in [0.2, 0.25) is 5.76 Å². The lowest BCUT2D eigenvalue weighted by Crippen LogP contribution is -2.43. The van der Waals surface area contributed by atoms with E-state index >= 15 is 0 Å². The number of carbonyl (C=O) groups is 2. The zero-order chi connectivity index (χ0) is 21.2. The molecule has 0 saturated carbocycles. The number of carbonyl (C=O) groups excluding carboxylic acids is 2. The highest BCUT2D eigenvalue weighted by molar-refractivity contribution is 7.91. The molecule has 0 radical (unpaired) electrons. The summed E-state index contributed by atoms with van der Waals surface area (Å²) in [6.45, 7) is 3.69. The molecule has 1 aliphatic rings. The van der Waals surface area contributed by atoms with Gasteiger partial charge >= 0.3 is 5.97 Å². The lowest BCUT2D eigenvalue weighted by atomic mass is 10.1. The van der Waals surface area contributed by atoms with Gasteiger partial charge in [0, 0.05) is 28.6 Å². The molecule has 29 heavy (non-hydrogen) atoms. The average Bonchev–Trinajstić information content (AvgIpc) is 3.19. The molecule has 9 heteroatoms. The maximum atomic E-state index is 12.7. The molecule has 1 amide bonds. The molecule has 1 aromatic heterocycles. The third kappa shape index (κ3) is 4.93. The molecule has 0 bridgehead atoms. The van der Waals surface area contributed by atoms with Gasteiger partial charge in [-0.25, -0.2) is 13.2 Å². The van der Waals surface area contributed by atoms with E-state index in [9.17, 15) is 18.0 Å². The van der Waals surface area contributed by atoms with Crippen LogP contribution in [0.4, 0.5) is 0 Å². The quantitative estimate of drug-likeness (QED) is 0.611. The Kier molecular flexibility index (Phi) is 6.53. The highest BCUT2D eigenvalue weighted by atomic mass is 35.5. The summed E-state index contributed by atoms with van der Waals surface area (Å²) in [6.07, 6.45) is 2.03. The highest BCUT2D eigenvalue weighted by Gasteiger charge is 2.34. The van der Waals surface area contributed by atoms with Crippen molar-refractivity contribution in [1.29, 1.82) is 0 Å². The van der Waals surface area contributed by atoms with E-state index in [1.165, 1.54) is 4.90 Å². The zero-order valence-corrected chi connectivity index (χ0v) is 18.0. The van der Waals surface area contributed by atoms with Gasteiger partial charge in [-0.3, -0.25) is 4.79 Å². The number of sulfone groups is 1. The first kappa shape index (κ1) is 21.6. The summed E-state index contributed by atoms with van der Waals surface area (Å²) in [4.78, 5) is 26.7. The number of rotatable bonds is 7. The van der Waals surface area contributed by atoms with Crippen LogP contribution in [0, 0.1) is 6.92 Å². The van der Waals surface area contributed by atoms with Crippen molar-refractivity contribution < 1.29 is 27.2 Å². The Hall–Kier alpha value is -2.06. The van der Waals surface area contributed by atoms with Crippen molar-refractivity contribution in [3.8, 4) is 0 Å². The largest absolute Gasteiger partial charge is 0.450 e. The van der Waals surface area contributed by atoms with Gasteiger partial charge in [-0.2, -0.15) is 0 Å². The maximum Gasteiger partial charge on any atom is 0.375 e. The van der Waals surface area contributed by atoms with Gasteiger partial charge in [-0.15, -0.1) is 0 Å². The van der Waals surface area contributed by atoms with E-state index in [4.69, 9.17) is 20.8 Å². The minimum atomic E-state index is -3.12. The van der Waals surface area contributed by atoms with Gasteiger partial charge in [0.25, 0.3) is 5.91 Å². The molecule has 1 aromatic carbocycles. The van der Waals surface area contributed by atoms with Gasteiger partial charge in [0.05, 0.1) is 11.5 Å². The Morgan fingerprint density at radius 2 is 2.10 bits per heavy atom. The molecule has 7 nitrogen and oxygen atoms in total. The van der Waals surface area contributed by atoms with E-state index in [1.807, 2.05) is 6.92 Å². The van der Waals surface area contributed by atoms with Crippen molar-refractivity contribution in [1.82, 2.24) is 4.90 Å². The van der Waals surface area contributed by atoms with Crippen LogP contribution in [0.1, 0.15) is 42.3 Å². The number of aryl methyl sites for hydroxylation is 1. The SMILES string of the molecule is CCCCN(C(=O)COC(=O)c1oc2ccc(Cl)cc2c1C)C1CCS(=O)(=O)C1. The predicted molar refractivity (Wildman–Crippen MR) is 110 cm³/mol. The Balaban J connectivity index is 1.69. The van der Waals surface area contributed by atoms with Crippen LogP contribution in [0.3, 0.4) is 0 Å². The van der Waals surface area contributed by atoms with Crippen LogP contribution in [0.5, 0.6) is 0 Å². The predicted octanol–water partition coefficient (Wildman–Crippen LogP) is 3.37. The van der Waals surface area contributed by atoms with E-state index in [1.54, 1.807) is 25.1 Å². The zero-order valence-electron chi connectivity index (χ0n) is 16.4. The standard InChI is InChI=1S/C20H24ClNO6S/c1-3-4-8-22(15-7-9-29(25,26)12-15)18(23)11-27-20(24)19-13(2)16-10-14(21)5-6-17(16)28-19/h5-6,10,15H,3-4,7-9,11-12H2,1-2H3. The van der Waals surface area contributed by atoms with E-state index in [-0.39, 0.29) is 23.3 Å². The number of hydrogen-bond acceptors (Lipinski definition) is 6. The number of amides is 1. The number of benzene rings is 1. The number of hydrogen-bond donors (Lipinski definition) is 0. The average molecular weight is 442 g/mol. The van der Waals surface area contributed by atoms with Gasteiger partial charge < -0.3 is 14.1 Å². The van der Waals surface area contributed by atoms with E-state index in [0.717, 1.165) is 12.8 Å². The smallest absolute Gasteiger partial charge is 0.375 e. The van der Waals surface area contributed by atoms with E-state index in [0.29, 0.717) is 34.5 Å². The maximum absolute atomic E-state index is 12.7. The summed E-state index contributed by atoms with van der Waals surface area (Å²) in [5.41, 5.74) is 1.09. The van der Waals surface area contributed by atoms with Crippen molar-refractivity contribution in [2.75, 3.05) is 24.7 Å². The molecule has 0 aliphatic carbocycles. The fraction of sp³-hybridized carbons (Fsp3) is 0.500. The van der Waals surface area contributed by atoms with Crippen LogP contribution in [0.15, 0.2) is 22.6 Å². The second-order valence-electron chi connectivity index (χ2n) is 7.27. The van der Waals surface area contributed by atoms with Gasteiger partial charge in [0.1, 0.15) is 5.58 Å². The molecule has 3 rings (SSSR count). The first-order chi connectivity index (χ1) is 13.7. The molecule has 1 fully saturated rings. The molecule has 1 saturated heterocycles. The fourth-order valence-corrected chi connectivity index (χ4v) is 5.43. The lowest BCUT2D eigenvalue weighted by molar-refractivity contribution is -0.136.